The molecule has 0 aliphatic carbocycles. The van der Waals surface area contributed by atoms with E-state index in [-0.39, 0.29) is 6.10 Å². The van der Waals surface area contributed by atoms with Crippen LogP contribution in [0.1, 0.15) is 35.8 Å². The van der Waals surface area contributed by atoms with Crippen molar-refractivity contribution in [1.29, 1.82) is 0 Å². The maximum atomic E-state index is 5.90. The van der Waals surface area contributed by atoms with Crippen LogP contribution in [-0.4, -0.2) is 39.1 Å². The Kier molecular flexibility index (Phi) is 5.68. The molecule has 3 aromatic heterocycles. The summed E-state index contributed by atoms with van der Waals surface area (Å²) in [5.74, 6) is 2.31. The maximum Gasteiger partial charge on any atom is 0.160 e. The number of rotatable bonds is 7. The van der Waals surface area contributed by atoms with Crippen LogP contribution < -0.4 is 0 Å². The summed E-state index contributed by atoms with van der Waals surface area (Å²) in [4.78, 5) is 10.3. The van der Waals surface area contributed by atoms with Crippen LogP contribution in [0, 0.1) is 0 Å². The molecule has 0 saturated carbocycles. The highest BCUT2D eigenvalue weighted by atomic mass is 32.1. The van der Waals surface area contributed by atoms with Gasteiger partial charge in [-0.1, -0.05) is 12.1 Å². The molecule has 1 atom stereocenters. The highest BCUT2D eigenvalue weighted by molar-refractivity contribution is 7.09. The van der Waals surface area contributed by atoms with Crippen molar-refractivity contribution in [3.63, 3.8) is 0 Å². The monoisotopic (exact) mass is 370 g/mol. The summed E-state index contributed by atoms with van der Waals surface area (Å²) in [7, 11) is 0. The van der Waals surface area contributed by atoms with E-state index in [1.54, 1.807) is 22.2 Å². The van der Waals surface area contributed by atoms with Gasteiger partial charge in [0, 0.05) is 24.1 Å². The van der Waals surface area contributed by atoms with E-state index in [4.69, 9.17) is 14.5 Å². The fourth-order valence-corrected chi connectivity index (χ4v) is 3.71. The van der Waals surface area contributed by atoms with Crippen LogP contribution in [0.3, 0.4) is 0 Å². The molecule has 0 amide bonds. The molecule has 4 heterocycles. The van der Waals surface area contributed by atoms with Gasteiger partial charge < -0.3 is 9.47 Å². The third kappa shape index (κ3) is 4.35. The van der Waals surface area contributed by atoms with Crippen LogP contribution in [0.5, 0.6) is 0 Å². The van der Waals surface area contributed by atoms with E-state index in [2.05, 4.69) is 21.5 Å². The van der Waals surface area contributed by atoms with Gasteiger partial charge in [-0.25, -0.2) is 9.97 Å². The van der Waals surface area contributed by atoms with Crippen molar-refractivity contribution in [2.24, 2.45) is 0 Å². The lowest BCUT2D eigenvalue weighted by Gasteiger charge is -2.22. The molecule has 1 saturated heterocycles. The van der Waals surface area contributed by atoms with Gasteiger partial charge in [0.05, 0.1) is 12.7 Å². The van der Waals surface area contributed by atoms with E-state index in [9.17, 15) is 0 Å². The molecule has 0 N–H and O–H groups in total. The zero-order chi connectivity index (χ0) is 17.6. The Morgan fingerprint density at radius 2 is 2.23 bits per heavy atom. The second-order valence-electron chi connectivity index (χ2n) is 6.30. The number of hydrogen-bond acceptors (Lipinski definition) is 6. The van der Waals surface area contributed by atoms with Crippen LogP contribution in [0.4, 0.5) is 0 Å². The molecule has 0 spiro atoms. The number of ether oxygens (including phenoxy) is 2. The fourth-order valence-electron chi connectivity index (χ4n) is 3.01. The molecule has 7 heteroatoms. The van der Waals surface area contributed by atoms with E-state index >= 15 is 0 Å². The molecule has 4 rings (SSSR count). The first kappa shape index (κ1) is 17.3. The van der Waals surface area contributed by atoms with Crippen LogP contribution in [0.15, 0.2) is 41.9 Å². The molecule has 26 heavy (non-hydrogen) atoms. The zero-order valence-electron chi connectivity index (χ0n) is 14.6. The molecule has 0 radical (unpaired) electrons. The molecule has 1 unspecified atom stereocenters. The van der Waals surface area contributed by atoms with Gasteiger partial charge >= 0.3 is 0 Å². The predicted octanol–water partition coefficient (Wildman–Crippen LogP) is 3.40. The van der Waals surface area contributed by atoms with Gasteiger partial charge in [-0.05, 0) is 42.8 Å². The normalized spacial score (nSPS) is 17.5. The predicted molar refractivity (Wildman–Crippen MR) is 99.5 cm³/mol. The highest BCUT2D eigenvalue weighted by Crippen LogP contribution is 2.16. The summed E-state index contributed by atoms with van der Waals surface area (Å²) in [6.07, 6.45) is 6.10. The summed E-state index contributed by atoms with van der Waals surface area (Å²) in [6, 6.07) is 9.91. The van der Waals surface area contributed by atoms with Crippen molar-refractivity contribution in [2.45, 2.75) is 38.4 Å². The van der Waals surface area contributed by atoms with E-state index in [0.717, 1.165) is 43.3 Å². The first-order valence-electron chi connectivity index (χ1n) is 8.96. The lowest BCUT2D eigenvalue weighted by atomic mass is 10.1. The van der Waals surface area contributed by atoms with E-state index in [1.165, 1.54) is 11.3 Å². The van der Waals surface area contributed by atoms with Gasteiger partial charge in [0.2, 0.25) is 0 Å². The SMILES string of the molecule is c1ccc(-n2nc(Cc3cccs3)nc2COCC2CCCCO2)nc1. The van der Waals surface area contributed by atoms with Gasteiger partial charge in [0.15, 0.2) is 17.5 Å². The van der Waals surface area contributed by atoms with Crippen molar-refractivity contribution >= 4 is 11.3 Å². The van der Waals surface area contributed by atoms with Gasteiger partial charge in [0.1, 0.15) is 6.61 Å². The lowest BCUT2D eigenvalue weighted by molar-refractivity contribution is -0.0460. The third-order valence-corrected chi connectivity index (χ3v) is 5.18. The van der Waals surface area contributed by atoms with E-state index in [0.29, 0.717) is 13.2 Å². The van der Waals surface area contributed by atoms with E-state index < -0.39 is 0 Å². The topological polar surface area (TPSA) is 62.1 Å². The van der Waals surface area contributed by atoms with Crippen molar-refractivity contribution in [3.8, 4) is 5.82 Å². The van der Waals surface area contributed by atoms with Crippen LogP contribution in [0.25, 0.3) is 5.82 Å². The molecule has 136 valence electrons. The average molecular weight is 370 g/mol. The van der Waals surface area contributed by atoms with Crippen molar-refractivity contribution < 1.29 is 9.47 Å². The largest absolute Gasteiger partial charge is 0.376 e. The Morgan fingerprint density at radius 1 is 1.23 bits per heavy atom. The third-order valence-electron chi connectivity index (χ3n) is 4.31. The molecule has 3 aromatic rings. The van der Waals surface area contributed by atoms with Crippen LogP contribution in [0.2, 0.25) is 0 Å². The molecule has 0 bridgehead atoms. The van der Waals surface area contributed by atoms with Gasteiger partial charge in [-0.15, -0.1) is 16.4 Å². The average Bonchev–Trinajstić information content (AvgIpc) is 3.34. The fraction of sp³-hybridized carbons (Fsp3) is 0.421. The van der Waals surface area contributed by atoms with Crippen molar-refractivity contribution in [1.82, 2.24) is 19.7 Å². The minimum Gasteiger partial charge on any atom is -0.376 e. The molecular formula is C19H22N4O2S. The quantitative estimate of drug-likeness (QED) is 0.638. The second-order valence-corrected chi connectivity index (χ2v) is 7.34. The number of thiophene rings is 1. The highest BCUT2D eigenvalue weighted by Gasteiger charge is 2.17. The minimum absolute atomic E-state index is 0.195. The van der Waals surface area contributed by atoms with Gasteiger partial charge in [-0.3, -0.25) is 0 Å². The zero-order valence-corrected chi connectivity index (χ0v) is 15.4. The Labute approximate surface area is 156 Å². The molecule has 1 aliphatic heterocycles. The summed E-state index contributed by atoms with van der Waals surface area (Å²) in [5.41, 5.74) is 0. The molecule has 1 aliphatic rings. The Bertz CT molecular complexity index is 798. The summed E-state index contributed by atoms with van der Waals surface area (Å²) in [6.45, 7) is 1.83. The van der Waals surface area contributed by atoms with E-state index in [1.807, 2.05) is 24.3 Å². The Hall–Kier alpha value is -2.09. The maximum absolute atomic E-state index is 5.90. The molecule has 1 fully saturated rings. The Balaban J connectivity index is 1.48. The lowest BCUT2D eigenvalue weighted by Crippen LogP contribution is -2.24. The van der Waals surface area contributed by atoms with Gasteiger partial charge in [0.25, 0.3) is 0 Å². The summed E-state index contributed by atoms with van der Waals surface area (Å²) in [5, 5.41) is 6.73. The standard InChI is InChI=1S/C19H22N4O2S/c1-3-9-20-18(8-1)23-19(14-24-13-15-6-2-4-10-25-15)21-17(22-23)12-16-7-5-11-26-16/h1,3,5,7-9,11,15H,2,4,6,10,12-14H2. The van der Waals surface area contributed by atoms with Gasteiger partial charge in [-0.2, -0.15) is 4.68 Å². The first-order chi connectivity index (χ1) is 12.9. The smallest absolute Gasteiger partial charge is 0.160 e. The summed E-state index contributed by atoms with van der Waals surface area (Å²) < 4.78 is 13.4. The minimum atomic E-state index is 0.195. The molecule has 0 aromatic carbocycles. The summed E-state index contributed by atoms with van der Waals surface area (Å²) >= 11 is 1.71. The first-order valence-corrected chi connectivity index (χ1v) is 9.84. The second kappa shape index (κ2) is 8.53. The Morgan fingerprint density at radius 3 is 3.00 bits per heavy atom. The number of aromatic nitrogens is 4. The van der Waals surface area contributed by atoms with Crippen LogP contribution >= 0.6 is 11.3 Å². The molecule has 6 nitrogen and oxygen atoms in total. The van der Waals surface area contributed by atoms with Crippen molar-refractivity contribution in [3.05, 3.63) is 58.4 Å². The van der Waals surface area contributed by atoms with Crippen molar-refractivity contribution in [2.75, 3.05) is 13.2 Å². The molecular weight excluding hydrogens is 348 g/mol. The number of hydrogen-bond donors (Lipinski definition) is 0. The van der Waals surface area contributed by atoms with Crippen LogP contribution in [-0.2, 0) is 22.5 Å². The number of pyridine rings is 1. The number of nitrogens with zero attached hydrogens (tertiary/aromatic N) is 4.